The van der Waals surface area contributed by atoms with Crippen LogP contribution in [0.15, 0.2) is 36.4 Å². The molecule has 0 unspecified atom stereocenters. The number of aliphatic hydroxyl groups is 1. The van der Waals surface area contributed by atoms with Gasteiger partial charge < -0.3 is 5.11 Å². The van der Waals surface area contributed by atoms with Crippen molar-refractivity contribution in [3.8, 4) is 11.3 Å². The quantitative estimate of drug-likeness (QED) is 0.805. The van der Waals surface area contributed by atoms with Crippen LogP contribution in [0.25, 0.3) is 11.3 Å². The largest absolute Gasteiger partial charge is 0.392 e. The highest BCUT2D eigenvalue weighted by Gasteiger charge is 2.00. The summed E-state index contributed by atoms with van der Waals surface area (Å²) in [6, 6.07) is 11.5. The summed E-state index contributed by atoms with van der Waals surface area (Å²) in [6.07, 6.45) is 0. The summed E-state index contributed by atoms with van der Waals surface area (Å²) in [7, 11) is 0. The van der Waals surface area contributed by atoms with Gasteiger partial charge in [0.15, 0.2) is 0 Å². The molecule has 1 N–H and O–H groups in total. The Hall–Kier alpha value is -1.74. The zero-order chi connectivity index (χ0) is 10.7. The third kappa shape index (κ3) is 2.19. The molecule has 0 radical (unpaired) electrons. The molecule has 0 amide bonds. The summed E-state index contributed by atoms with van der Waals surface area (Å²) < 4.78 is 0. The molecule has 76 valence electrons. The number of nitrogens with zero attached hydrogens (tertiary/aromatic N) is 2. The molecule has 0 saturated heterocycles. The van der Waals surface area contributed by atoms with Crippen molar-refractivity contribution in [3.63, 3.8) is 0 Å². The number of hydrogen-bond donors (Lipinski definition) is 1. The minimum Gasteiger partial charge on any atom is -0.392 e. The van der Waals surface area contributed by atoms with Crippen molar-refractivity contribution in [1.82, 2.24) is 10.2 Å². The number of benzene rings is 1. The van der Waals surface area contributed by atoms with Crippen molar-refractivity contribution < 1.29 is 5.11 Å². The highest BCUT2D eigenvalue weighted by molar-refractivity contribution is 5.59. The first kappa shape index (κ1) is 9.80. The van der Waals surface area contributed by atoms with Gasteiger partial charge in [-0.2, -0.15) is 10.2 Å². The predicted octanol–water partition coefficient (Wildman–Crippen LogP) is 1.94. The lowest BCUT2D eigenvalue weighted by Gasteiger charge is -2.02. The fraction of sp³-hybridized carbons (Fsp3) is 0.167. The Morgan fingerprint density at radius 2 is 2.00 bits per heavy atom. The Morgan fingerprint density at radius 1 is 1.13 bits per heavy atom. The predicted molar refractivity (Wildman–Crippen MR) is 58.1 cm³/mol. The standard InChI is InChI=1S/C12H12N2O/c1-9-5-6-12(14-13-9)11-4-2-3-10(7-11)8-15/h2-7,15H,8H2,1H3. The van der Waals surface area contributed by atoms with Crippen molar-refractivity contribution in [1.29, 1.82) is 0 Å². The van der Waals surface area contributed by atoms with E-state index < -0.39 is 0 Å². The topological polar surface area (TPSA) is 46.0 Å². The lowest BCUT2D eigenvalue weighted by molar-refractivity contribution is 0.282. The molecule has 0 saturated carbocycles. The molecule has 1 aromatic heterocycles. The average molecular weight is 200 g/mol. The third-order valence-electron chi connectivity index (χ3n) is 2.20. The minimum absolute atomic E-state index is 0.0487. The van der Waals surface area contributed by atoms with Crippen LogP contribution in [0.2, 0.25) is 0 Å². The monoisotopic (exact) mass is 200 g/mol. The summed E-state index contributed by atoms with van der Waals surface area (Å²) in [6.45, 7) is 1.95. The number of aromatic nitrogens is 2. The maximum Gasteiger partial charge on any atom is 0.0929 e. The SMILES string of the molecule is Cc1ccc(-c2cccc(CO)c2)nn1. The highest BCUT2D eigenvalue weighted by atomic mass is 16.3. The van der Waals surface area contributed by atoms with Crippen LogP contribution in [0.5, 0.6) is 0 Å². The van der Waals surface area contributed by atoms with Gasteiger partial charge >= 0.3 is 0 Å². The maximum atomic E-state index is 9.02. The van der Waals surface area contributed by atoms with Gasteiger partial charge in [0.25, 0.3) is 0 Å². The van der Waals surface area contributed by atoms with Gasteiger partial charge in [-0.15, -0.1) is 0 Å². The average Bonchev–Trinajstić information content (AvgIpc) is 2.30. The fourth-order valence-electron chi connectivity index (χ4n) is 1.38. The molecule has 0 bridgehead atoms. The van der Waals surface area contributed by atoms with E-state index in [2.05, 4.69) is 10.2 Å². The van der Waals surface area contributed by atoms with E-state index in [4.69, 9.17) is 5.11 Å². The Kier molecular flexibility index (Phi) is 2.74. The van der Waals surface area contributed by atoms with E-state index in [-0.39, 0.29) is 6.61 Å². The van der Waals surface area contributed by atoms with Gasteiger partial charge in [0.2, 0.25) is 0 Å². The van der Waals surface area contributed by atoms with Crippen LogP contribution in [0.1, 0.15) is 11.3 Å². The van der Waals surface area contributed by atoms with E-state index in [1.165, 1.54) is 0 Å². The Bertz CT molecular complexity index is 451. The second-order valence-electron chi connectivity index (χ2n) is 3.42. The van der Waals surface area contributed by atoms with Gasteiger partial charge in [0.1, 0.15) is 0 Å². The number of hydrogen-bond acceptors (Lipinski definition) is 3. The second-order valence-corrected chi connectivity index (χ2v) is 3.42. The fourth-order valence-corrected chi connectivity index (χ4v) is 1.38. The first-order valence-electron chi connectivity index (χ1n) is 4.80. The first-order chi connectivity index (χ1) is 7.29. The molecule has 0 spiro atoms. The maximum absolute atomic E-state index is 9.02. The van der Waals surface area contributed by atoms with E-state index in [0.29, 0.717) is 0 Å². The van der Waals surface area contributed by atoms with Gasteiger partial charge in [-0.1, -0.05) is 18.2 Å². The van der Waals surface area contributed by atoms with Crippen LogP contribution in [-0.2, 0) is 6.61 Å². The third-order valence-corrected chi connectivity index (χ3v) is 2.20. The molecule has 0 aliphatic carbocycles. The van der Waals surface area contributed by atoms with E-state index in [9.17, 15) is 0 Å². The summed E-state index contributed by atoms with van der Waals surface area (Å²) in [4.78, 5) is 0. The zero-order valence-electron chi connectivity index (χ0n) is 8.51. The molecule has 2 rings (SSSR count). The van der Waals surface area contributed by atoms with Crippen LogP contribution < -0.4 is 0 Å². The zero-order valence-corrected chi connectivity index (χ0v) is 8.51. The molecule has 1 heterocycles. The van der Waals surface area contributed by atoms with E-state index in [0.717, 1.165) is 22.5 Å². The molecule has 1 aromatic carbocycles. The molecule has 3 nitrogen and oxygen atoms in total. The van der Waals surface area contributed by atoms with Crippen LogP contribution >= 0.6 is 0 Å². The summed E-state index contributed by atoms with van der Waals surface area (Å²) in [5.74, 6) is 0. The summed E-state index contributed by atoms with van der Waals surface area (Å²) in [5, 5.41) is 17.1. The van der Waals surface area contributed by atoms with Crippen molar-refractivity contribution in [2.45, 2.75) is 13.5 Å². The second kappa shape index (κ2) is 4.19. The van der Waals surface area contributed by atoms with E-state index in [1.807, 2.05) is 43.3 Å². The smallest absolute Gasteiger partial charge is 0.0929 e. The van der Waals surface area contributed by atoms with Crippen LogP contribution in [0, 0.1) is 6.92 Å². The van der Waals surface area contributed by atoms with Gasteiger partial charge in [0.05, 0.1) is 18.0 Å². The Morgan fingerprint density at radius 3 is 2.67 bits per heavy atom. The first-order valence-corrected chi connectivity index (χ1v) is 4.80. The minimum atomic E-state index is 0.0487. The molecule has 0 aliphatic rings. The molecule has 15 heavy (non-hydrogen) atoms. The number of rotatable bonds is 2. The molecular weight excluding hydrogens is 188 g/mol. The molecule has 0 aliphatic heterocycles. The van der Waals surface area contributed by atoms with Crippen molar-refractivity contribution in [2.75, 3.05) is 0 Å². The Balaban J connectivity index is 2.40. The molecule has 0 atom stereocenters. The van der Waals surface area contributed by atoms with Crippen LogP contribution in [-0.4, -0.2) is 15.3 Å². The summed E-state index contributed by atoms with van der Waals surface area (Å²) >= 11 is 0. The molecule has 0 fully saturated rings. The lowest BCUT2D eigenvalue weighted by Crippen LogP contribution is -1.90. The number of aliphatic hydroxyl groups excluding tert-OH is 1. The van der Waals surface area contributed by atoms with Crippen molar-refractivity contribution in [2.24, 2.45) is 0 Å². The van der Waals surface area contributed by atoms with Gasteiger partial charge in [-0.3, -0.25) is 0 Å². The normalized spacial score (nSPS) is 10.3. The van der Waals surface area contributed by atoms with E-state index in [1.54, 1.807) is 0 Å². The summed E-state index contributed by atoms with van der Waals surface area (Å²) in [5.41, 5.74) is 3.59. The molecular formula is C12H12N2O. The van der Waals surface area contributed by atoms with Crippen LogP contribution in [0.3, 0.4) is 0 Å². The number of aryl methyl sites for hydroxylation is 1. The van der Waals surface area contributed by atoms with E-state index >= 15 is 0 Å². The highest BCUT2D eigenvalue weighted by Crippen LogP contribution is 2.17. The Labute approximate surface area is 88.4 Å². The van der Waals surface area contributed by atoms with Gasteiger partial charge in [-0.05, 0) is 30.7 Å². The van der Waals surface area contributed by atoms with Gasteiger partial charge in [-0.25, -0.2) is 0 Å². The molecule has 3 heteroatoms. The van der Waals surface area contributed by atoms with Crippen molar-refractivity contribution in [3.05, 3.63) is 47.7 Å². The van der Waals surface area contributed by atoms with Crippen molar-refractivity contribution >= 4 is 0 Å². The lowest BCUT2D eigenvalue weighted by atomic mass is 10.1. The molecule has 2 aromatic rings. The van der Waals surface area contributed by atoms with Gasteiger partial charge in [0, 0.05) is 5.56 Å². The van der Waals surface area contributed by atoms with Crippen LogP contribution in [0.4, 0.5) is 0 Å².